The van der Waals surface area contributed by atoms with Gasteiger partial charge in [0.05, 0.1) is 6.33 Å². The molecule has 3 aromatic rings. The fourth-order valence-electron chi connectivity index (χ4n) is 1.95. The van der Waals surface area contributed by atoms with Gasteiger partial charge in [-0.05, 0) is 30.7 Å². The van der Waals surface area contributed by atoms with Gasteiger partial charge < -0.3 is 9.88 Å². The number of aromatic nitrogens is 4. The van der Waals surface area contributed by atoms with Crippen LogP contribution in [0.15, 0.2) is 49.2 Å². The number of nitrogens with zero attached hydrogens (tertiary/aromatic N) is 4. The van der Waals surface area contributed by atoms with Gasteiger partial charge in [-0.2, -0.15) is 0 Å². The third-order valence-electron chi connectivity index (χ3n) is 2.92. The van der Waals surface area contributed by atoms with E-state index in [0.717, 1.165) is 36.4 Å². The number of fused-ring (bicyclic) bond motifs is 1. The first-order valence-electron chi connectivity index (χ1n) is 6.33. The van der Waals surface area contributed by atoms with Crippen LogP contribution in [0.3, 0.4) is 0 Å². The molecule has 19 heavy (non-hydrogen) atoms. The Labute approximate surface area is 111 Å². The highest BCUT2D eigenvalue weighted by atomic mass is 15.0. The fourth-order valence-corrected chi connectivity index (χ4v) is 1.95. The van der Waals surface area contributed by atoms with E-state index in [4.69, 9.17) is 0 Å². The molecule has 0 aliphatic carbocycles. The number of hydrogen-bond acceptors (Lipinski definition) is 4. The van der Waals surface area contributed by atoms with Crippen LogP contribution in [0, 0.1) is 0 Å². The van der Waals surface area contributed by atoms with Crippen molar-refractivity contribution in [2.75, 3.05) is 11.9 Å². The summed E-state index contributed by atoms with van der Waals surface area (Å²) in [5.41, 5.74) is 0.780. The zero-order valence-electron chi connectivity index (χ0n) is 10.5. The average Bonchev–Trinajstić information content (AvgIpc) is 2.97. The van der Waals surface area contributed by atoms with Crippen molar-refractivity contribution in [2.45, 2.75) is 13.0 Å². The molecule has 0 spiro atoms. The Morgan fingerprint density at radius 2 is 2.16 bits per heavy atom. The average molecular weight is 253 g/mol. The van der Waals surface area contributed by atoms with Crippen LogP contribution in [0.4, 0.5) is 5.82 Å². The molecule has 0 fully saturated rings. The first-order chi connectivity index (χ1) is 9.42. The Bertz CT molecular complexity index is 648. The van der Waals surface area contributed by atoms with Crippen LogP contribution in [0.5, 0.6) is 0 Å². The van der Waals surface area contributed by atoms with Crippen LogP contribution in [-0.4, -0.2) is 26.1 Å². The number of rotatable bonds is 5. The summed E-state index contributed by atoms with van der Waals surface area (Å²) >= 11 is 0. The van der Waals surface area contributed by atoms with Crippen LogP contribution in [0.1, 0.15) is 6.42 Å². The summed E-state index contributed by atoms with van der Waals surface area (Å²) in [7, 11) is 0. The molecule has 3 rings (SSSR count). The predicted octanol–water partition coefficient (Wildman–Crippen LogP) is 2.33. The lowest BCUT2D eigenvalue weighted by Crippen LogP contribution is -2.07. The second-order valence-corrected chi connectivity index (χ2v) is 4.33. The van der Waals surface area contributed by atoms with Gasteiger partial charge in [0.15, 0.2) is 5.65 Å². The quantitative estimate of drug-likeness (QED) is 0.709. The largest absolute Gasteiger partial charge is 0.370 e. The molecule has 0 atom stereocenters. The third kappa shape index (κ3) is 2.88. The van der Waals surface area contributed by atoms with Gasteiger partial charge in [-0.1, -0.05) is 0 Å². The minimum atomic E-state index is 0.780. The maximum Gasteiger partial charge on any atom is 0.161 e. The normalized spacial score (nSPS) is 10.7. The first-order valence-corrected chi connectivity index (χ1v) is 6.33. The maximum absolute atomic E-state index is 4.47. The van der Waals surface area contributed by atoms with Crippen molar-refractivity contribution < 1.29 is 0 Å². The molecule has 0 aromatic carbocycles. The molecule has 0 unspecified atom stereocenters. The second kappa shape index (κ2) is 5.48. The Balaban J connectivity index is 1.56. The van der Waals surface area contributed by atoms with E-state index in [0.29, 0.717) is 0 Å². The van der Waals surface area contributed by atoms with Crippen LogP contribution in [-0.2, 0) is 6.54 Å². The van der Waals surface area contributed by atoms with Crippen molar-refractivity contribution in [3.8, 4) is 0 Å². The van der Waals surface area contributed by atoms with Crippen LogP contribution < -0.4 is 5.32 Å². The van der Waals surface area contributed by atoms with Gasteiger partial charge in [0.2, 0.25) is 0 Å². The number of pyridine rings is 2. The van der Waals surface area contributed by atoms with E-state index in [1.807, 2.05) is 36.8 Å². The minimum Gasteiger partial charge on any atom is -0.370 e. The van der Waals surface area contributed by atoms with Crippen molar-refractivity contribution in [3.05, 3.63) is 49.2 Å². The van der Waals surface area contributed by atoms with Gasteiger partial charge >= 0.3 is 0 Å². The van der Waals surface area contributed by atoms with Crippen molar-refractivity contribution in [1.29, 1.82) is 0 Å². The molecule has 0 amide bonds. The monoisotopic (exact) mass is 253 g/mol. The third-order valence-corrected chi connectivity index (χ3v) is 2.92. The lowest BCUT2D eigenvalue weighted by molar-refractivity contribution is 0.660. The zero-order valence-corrected chi connectivity index (χ0v) is 10.5. The van der Waals surface area contributed by atoms with E-state index in [-0.39, 0.29) is 0 Å². The lowest BCUT2D eigenvalue weighted by atomic mass is 10.3. The highest BCUT2D eigenvalue weighted by Crippen LogP contribution is 2.12. The van der Waals surface area contributed by atoms with Crippen molar-refractivity contribution >= 4 is 16.9 Å². The lowest BCUT2D eigenvalue weighted by Gasteiger charge is -2.06. The van der Waals surface area contributed by atoms with Gasteiger partial charge in [-0.15, -0.1) is 0 Å². The van der Waals surface area contributed by atoms with Crippen LogP contribution in [0.25, 0.3) is 11.0 Å². The molecule has 0 aliphatic heterocycles. The Morgan fingerprint density at radius 1 is 1.16 bits per heavy atom. The van der Waals surface area contributed by atoms with Crippen LogP contribution >= 0.6 is 0 Å². The summed E-state index contributed by atoms with van der Waals surface area (Å²) in [5, 5.41) is 4.38. The smallest absolute Gasteiger partial charge is 0.161 e. The summed E-state index contributed by atoms with van der Waals surface area (Å²) in [6, 6.07) is 7.95. The maximum atomic E-state index is 4.47. The Morgan fingerprint density at radius 3 is 3.05 bits per heavy atom. The molecule has 1 N–H and O–H groups in total. The molecule has 5 nitrogen and oxygen atoms in total. The van der Waals surface area contributed by atoms with Crippen LogP contribution in [0.2, 0.25) is 0 Å². The molecule has 5 heteroatoms. The van der Waals surface area contributed by atoms with Gasteiger partial charge in [-0.25, -0.2) is 15.0 Å². The van der Waals surface area contributed by atoms with E-state index in [1.165, 1.54) is 0 Å². The highest BCUT2D eigenvalue weighted by Gasteiger charge is 1.98. The molecule has 3 heterocycles. The zero-order chi connectivity index (χ0) is 12.9. The van der Waals surface area contributed by atoms with Crippen molar-refractivity contribution in [1.82, 2.24) is 19.5 Å². The van der Waals surface area contributed by atoms with Crippen molar-refractivity contribution in [2.24, 2.45) is 0 Å². The summed E-state index contributed by atoms with van der Waals surface area (Å²) in [4.78, 5) is 12.7. The van der Waals surface area contributed by atoms with E-state index >= 15 is 0 Å². The number of imidazole rings is 1. The Hall–Kier alpha value is -2.43. The summed E-state index contributed by atoms with van der Waals surface area (Å²) in [5.74, 6) is 0.872. The molecule has 0 bridgehead atoms. The molecule has 96 valence electrons. The second-order valence-electron chi connectivity index (χ2n) is 4.33. The van der Waals surface area contributed by atoms with Gasteiger partial charge in [0.25, 0.3) is 0 Å². The number of aryl methyl sites for hydroxylation is 1. The Kier molecular flexibility index (Phi) is 3.36. The molecular weight excluding hydrogens is 238 g/mol. The molecule has 0 saturated carbocycles. The molecular formula is C14H15N5. The standard InChI is InChI=1S/C14H15N5/c1-3-12-4-5-13(18-14(12)17-6-1)16-7-2-9-19-10-8-15-11-19/h1,3-6,8,10-11H,2,7,9H2,(H,16,17,18). The van der Waals surface area contributed by atoms with Gasteiger partial charge in [-0.3, -0.25) is 0 Å². The van der Waals surface area contributed by atoms with E-state index < -0.39 is 0 Å². The van der Waals surface area contributed by atoms with E-state index in [1.54, 1.807) is 12.4 Å². The summed E-state index contributed by atoms with van der Waals surface area (Å²) < 4.78 is 2.07. The molecule has 3 aromatic heterocycles. The number of nitrogens with one attached hydrogen (secondary N) is 1. The summed E-state index contributed by atoms with van der Waals surface area (Å²) in [6.07, 6.45) is 8.39. The number of hydrogen-bond donors (Lipinski definition) is 1. The highest BCUT2D eigenvalue weighted by molar-refractivity contribution is 5.76. The SMILES string of the molecule is c1cnc2nc(NCCCn3ccnc3)ccc2c1. The predicted molar refractivity (Wildman–Crippen MR) is 74.9 cm³/mol. The van der Waals surface area contributed by atoms with Gasteiger partial charge in [0.1, 0.15) is 5.82 Å². The topological polar surface area (TPSA) is 55.6 Å². The first kappa shape index (κ1) is 11.6. The molecule has 0 aliphatic rings. The fraction of sp³-hybridized carbons (Fsp3) is 0.214. The van der Waals surface area contributed by atoms with Gasteiger partial charge in [0, 0.05) is 37.1 Å². The summed E-state index contributed by atoms with van der Waals surface area (Å²) in [6.45, 7) is 1.84. The molecule has 0 radical (unpaired) electrons. The molecule has 0 saturated heterocycles. The van der Waals surface area contributed by atoms with E-state index in [9.17, 15) is 0 Å². The minimum absolute atomic E-state index is 0.780. The number of anilines is 1. The van der Waals surface area contributed by atoms with E-state index in [2.05, 4.69) is 24.8 Å². The van der Waals surface area contributed by atoms with Crippen molar-refractivity contribution in [3.63, 3.8) is 0 Å².